The second kappa shape index (κ2) is 6.17. The van der Waals surface area contributed by atoms with Crippen molar-refractivity contribution in [1.29, 1.82) is 0 Å². The number of benzene rings is 2. The monoisotopic (exact) mass is 332 g/mol. The summed E-state index contributed by atoms with van der Waals surface area (Å²) in [4.78, 5) is 14.8. The van der Waals surface area contributed by atoms with Crippen LogP contribution in [0.2, 0.25) is 10.0 Å². The molecular weight excluding hydrogens is 323 g/mol. The van der Waals surface area contributed by atoms with E-state index in [0.717, 1.165) is 0 Å². The minimum Gasteiger partial charge on any atom is -0.323 e. The highest BCUT2D eigenvalue weighted by Gasteiger charge is 2.08. The first-order chi connectivity index (χ1) is 10.6. The number of nitrogens with one attached hydrogen (secondary N) is 2. The first kappa shape index (κ1) is 14.6. The first-order valence-corrected chi connectivity index (χ1v) is 7.13. The molecule has 7 heteroatoms. The standard InChI is InChI=1S/C15H10Cl2N4O/c16-10-6-7-11(17)12(8-10)18-15-19-14(22)13(20-21-15)9-4-2-1-3-5-9/h1-8H,(H2,18,19,21,22). The van der Waals surface area contributed by atoms with Gasteiger partial charge in [0.1, 0.15) is 0 Å². The predicted octanol–water partition coefficient (Wildman–Crippen LogP) is 3.88. The molecule has 0 radical (unpaired) electrons. The predicted molar refractivity (Wildman–Crippen MR) is 87.8 cm³/mol. The van der Waals surface area contributed by atoms with Crippen LogP contribution in [-0.2, 0) is 0 Å². The molecule has 0 aliphatic rings. The van der Waals surface area contributed by atoms with Gasteiger partial charge in [-0.05, 0) is 18.2 Å². The lowest BCUT2D eigenvalue weighted by Gasteiger charge is -2.07. The van der Waals surface area contributed by atoms with Gasteiger partial charge in [-0.15, -0.1) is 10.2 Å². The highest BCUT2D eigenvalue weighted by Crippen LogP contribution is 2.27. The molecule has 0 fully saturated rings. The fourth-order valence-electron chi connectivity index (χ4n) is 1.90. The molecule has 0 aliphatic heterocycles. The number of aromatic amines is 1. The maximum absolute atomic E-state index is 12.1. The van der Waals surface area contributed by atoms with Gasteiger partial charge in [0.05, 0.1) is 10.7 Å². The zero-order chi connectivity index (χ0) is 15.5. The Kier molecular flexibility index (Phi) is 4.09. The Balaban J connectivity index is 1.93. The van der Waals surface area contributed by atoms with Crippen LogP contribution in [0.3, 0.4) is 0 Å². The number of hydrogen-bond acceptors (Lipinski definition) is 4. The zero-order valence-electron chi connectivity index (χ0n) is 11.2. The van der Waals surface area contributed by atoms with Crippen LogP contribution in [0.4, 0.5) is 11.6 Å². The third-order valence-electron chi connectivity index (χ3n) is 2.93. The maximum atomic E-state index is 12.1. The van der Waals surface area contributed by atoms with Crippen LogP contribution in [0.5, 0.6) is 0 Å². The van der Waals surface area contributed by atoms with Crippen molar-refractivity contribution in [3.63, 3.8) is 0 Å². The quantitative estimate of drug-likeness (QED) is 0.763. The van der Waals surface area contributed by atoms with E-state index in [1.165, 1.54) is 0 Å². The third-order valence-corrected chi connectivity index (χ3v) is 3.49. The summed E-state index contributed by atoms with van der Waals surface area (Å²) in [6.07, 6.45) is 0. The van der Waals surface area contributed by atoms with Gasteiger partial charge in [0.25, 0.3) is 5.56 Å². The van der Waals surface area contributed by atoms with Crippen LogP contribution in [0.15, 0.2) is 53.3 Å². The molecule has 5 nitrogen and oxygen atoms in total. The molecule has 110 valence electrons. The number of nitrogens with zero attached hydrogens (tertiary/aromatic N) is 2. The van der Waals surface area contributed by atoms with Gasteiger partial charge in [-0.3, -0.25) is 9.78 Å². The van der Waals surface area contributed by atoms with Gasteiger partial charge in [-0.2, -0.15) is 0 Å². The van der Waals surface area contributed by atoms with Crippen molar-refractivity contribution in [2.75, 3.05) is 5.32 Å². The summed E-state index contributed by atoms with van der Waals surface area (Å²) in [5.41, 5.74) is 1.14. The molecule has 0 saturated carbocycles. The maximum Gasteiger partial charge on any atom is 0.279 e. The second-order valence-electron chi connectivity index (χ2n) is 4.47. The van der Waals surface area contributed by atoms with Gasteiger partial charge in [0.2, 0.25) is 5.95 Å². The van der Waals surface area contributed by atoms with Gasteiger partial charge in [0.15, 0.2) is 5.69 Å². The van der Waals surface area contributed by atoms with Crippen molar-refractivity contribution in [2.24, 2.45) is 0 Å². The van der Waals surface area contributed by atoms with Crippen LogP contribution >= 0.6 is 23.2 Å². The molecule has 2 N–H and O–H groups in total. The zero-order valence-corrected chi connectivity index (χ0v) is 12.7. The number of H-pyrrole nitrogens is 1. The average molecular weight is 333 g/mol. The smallest absolute Gasteiger partial charge is 0.279 e. The molecule has 0 aliphatic carbocycles. The van der Waals surface area contributed by atoms with Gasteiger partial charge in [-0.1, -0.05) is 53.5 Å². The molecule has 3 aromatic rings. The molecular formula is C15H10Cl2N4O. The van der Waals surface area contributed by atoms with Crippen molar-refractivity contribution in [2.45, 2.75) is 0 Å². The fraction of sp³-hybridized carbons (Fsp3) is 0. The Hall–Kier alpha value is -2.37. The third kappa shape index (κ3) is 3.10. The molecule has 22 heavy (non-hydrogen) atoms. The molecule has 0 amide bonds. The Morgan fingerprint density at radius 2 is 1.77 bits per heavy atom. The summed E-state index contributed by atoms with van der Waals surface area (Å²) in [7, 11) is 0. The summed E-state index contributed by atoms with van der Waals surface area (Å²) in [6, 6.07) is 14.1. The normalized spacial score (nSPS) is 10.5. The summed E-state index contributed by atoms with van der Waals surface area (Å²) in [5.74, 6) is 0.189. The Bertz CT molecular complexity index is 865. The lowest BCUT2D eigenvalue weighted by Crippen LogP contribution is -2.15. The van der Waals surface area contributed by atoms with Crippen LogP contribution in [-0.4, -0.2) is 15.2 Å². The van der Waals surface area contributed by atoms with Crippen molar-refractivity contribution in [3.05, 3.63) is 68.9 Å². The van der Waals surface area contributed by atoms with E-state index in [9.17, 15) is 4.79 Å². The molecule has 0 atom stereocenters. The lowest BCUT2D eigenvalue weighted by molar-refractivity contribution is 0.962. The van der Waals surface area contributed by atoms with Crippen molar-refractivity contribution in [1.82, 2.24) is 15.2 Å². The largest absolute Gasteiger partial charge is 0.323 e. The summed E-state index contributed by atoms with van der Waals surface area (Å²) in [6.45, 7) is 0. The Morgan fingerprint density at radius 1 is 1.00 bits per heavy atom. The average Bonchev–Trinajstić information content (AvgIpc) is 2.52. The van der Waals surface area contributed by atoms with E-state index < -0.39 is 0 Å². The van der Waals surface area contributed by atoms with Crippen LogP contribution < -0.4 is 10.9 Å². The SMILES string of the molecule is O=c1[nH]c(Nc2cc(Cl)ccc2Cl)nnc1-c1ccccc1. The Morgan fingerprint density at radius 3 is 2.50 bits per heavy atom. The fourth-order valence-corrected chi connectivity index (χ4v) is 2.24. The molecule has 2 aromatic carbocycles. The number of aromatic nitrogens is 3. The molecule has 0 spiro atoms. The van der Waals surface area contributed by atoms with E-state index in [1.54, 1.807) is 30.3 Å². The van der Waals surface area contributed by atoms with Gasteiger partial charge in [0, 0.05) is 10.6 Å². The van der Waals surface area contributed by atoms with Crippen molar-refractivity contribution >= 4 is 34.8 Å². The van der Waals surface area contributed by atoms with E-state index in [1.807, 2.05) is 18.2 Å². The number of hydrogen-bond donors (Lipinski definition) is 2. The van der Waals surface area contributed by atoms with Crippen molar-refractivity contribution in [3.8, 4) is 11.3 Å². The molecule has 0 unspecified atom stereocenters. The van der Waals surface area contributed by atoms with Gasteiger partial charge >= 0.3 is 0 Å². The molecule has 1 aromatic heterocycles. The van der Waals surface area contributed by atoms with E-state index in [4.69, 9.17) is 23.2 Å². The number of anilines is 2. The Labute approximate surface area is 135 Å². The minimum absolute atomic E-state index is 0.189. The van der Waals surface area contributed by atoms with Gasteiger partial charge < -0.3 is 5.32 Å². The van der Waals surface area contributed by atoms with E-state index in [-0.39, 0.29) is 17.2 Å². The number of rotatable bonds is 3. The van der Waals surface area contributed by atoms with E-state index >= 15 is 0 Å². The summed E-state index contributed by atoms with van der Waals surface area (Å²) < 4.78 is 0. The van der Waals surface area contributed by atoms with Crippen LogP contribution in [0, 0.1) is 0 Å². The molecule has 0 saturated heterocycles. The molecule has 1 heterocycles. The molecule has 0 bridgehead atoms. The molecule has 3 rings (SSSR count). The summed E-state index contributed by atoms with van der Waals surface area (Å²) in [5, 5.41) is 11.8. The van der Waals surface area contributed by atoms with Crippen LogP contribution in [0.1, 0.15) is 0 Å². The van der Waals surface area contributed by atoms with Gasteiger partial charge in [-0.25, -0.2) is 0 Å². The topological polar surface area (TPSA) is 70.7 Å². The van der Waals surface area contributed by atoms with E-state index in [0.29, 0.717) is 21.3 Å². The van der Waals surface area contributed by atoms with Crippen molar-refractivity contribution < 1.29 is 0 Å². The number of halogens is 2. The lowest BCUT2D eigenvalue weighted by atomic mass is 10.2. The van der Waals surface area contributed by atoms with E-state index in [2.05, 4.69) is 20.5 Å². The minimum atomic E-state index is -0.346. The second-order valence-corrected chi connectivity index (χ2v) is 5.31. The highest BCUT2D eigenvalue weighted by atomic mass is 35.5. The highest BCUT2D eigenvalue weighted by molar-refractivity contribution is 6.35. The first-order valence-electron chi connectivity index (χ1n) is 6.38. The van der Waals surface area contributed by atoms with Crippen LogP contribution in [0.25, 0.3) is 11.3 Å². The summed E-state index contributed by atoms with van der Waals surface area (Å²) >= 11 is 12.0.